The average molecular weight is 310 g/mol. The molecule has 120 valence electrons. The molecule has 1 atom stereocenters. The van der Waals surface area contributed by atoms with E-state index in [4.69, 9.17) is 4.74 Å². The van der Waals surface area contributed by atoms with Crippen LogP contribution >= 0.6 is 0 Å². The van der Waals surface area contributed by atoms with E-state index in [1.807, 2.05) is 54.6 Å². The van der Waals surface area contributed by atoms with E-state index in [0.29, 0.717) is 18.9 Å². The fraction of sp³-hybridized carbons (Fsp3) is 0.316. The van der Waals surface area contributed by atoms with Gasteiger partial charge in [-0.1, -0.05) is 30.3 Å². The minimum Gasteiger partial charge on any atom is -0.457 e. The molecule has 1 aliphatic heterocycles. The maximum atomic E-state index is 12.0. The predicted molar refractivity (Wildman–Crippen MR) is 90.4 cm³/mol. The van der Waals surface area contributed by atoms with Crippen molar-refractivity contribution < 1.29 is 9.53 Å². The van der Waals surface area contributed by atoms with Crippen LogP contribution in [0.4, 0.5) is 0 Å². The van der Waals surface area contributed by atoms with Crippen molar-refractivity contribution in [3.8, 4) is 11.5 Å². The highest BCUT2D eigenvalue weighted by atomic mass is 16.5. The molecule has 4 heteroatoms. The zero-order valence-corrected chi connectivity index (χ0v) is 13.1. The highest BCUT2D eigenvalue weighted by Crippen LogP contribution is 2.21. The fourth-order valence-electron chi connectivity index (χ4n) is 2.77. The van der Waals surface area contributed by atoms with Crippen molar-refractivity contribution in [1.82, 2.24) is 10.6 Å². The van der Waals surface area contributed by atoms with Crippen molar-refractivity contribution in [2.75, 3.05) is 13.1 Å². The van der Waals surface area contributed by atoms with Crippen LogP contribution in [0.2, 0.25) is 0 Å². The largest absolute Gasteiger partial charge is 0.457 e. The lowest BCUT2D eigenvalue weighted by Gasteiger charge is -2.10. The van der Waals surface area contributed by atoms with Gasteiger partial charge >= 0.3 is 0 Å². The van der Waals surface area contributed by atoms with Gasteiger partial charge in [0, 0.05) is 13.0 Å². The molecule has 2 N–H and O–H groups in total. The van der Waals surface area contributed by atoms with Gasteiger partial charge in [0.15, 0.2) is 0 Å². The van der Waals surface area contributed by atoms with Gasteiger partial charge in [0.1, 0.15) is 11.5 Å². The first-order valence-electron chi connectivity index (χ1n) is 8.09. The molecule has 3 rings (SSSR count). The number of hydrogen-bond donors (Lipinski definition) is 2. The second-order valence-electron chi connectivity index (χ2n) is 5.90. The number of hydrogen-bond acceptors (Lipinski definition) is 3. The van der Waals surface area contributed by atoms with Gasteiger partial charge in [-0.3, -0.25) is 4.79 Å². The van der Waals surface area contributed by atoms with Crippen molar-refractivity contribution in [3.05, 3.63) is 60.2 Å². The number of rotatable bonds is 6. The normalized spacial score (nSPS) is 17.0. The Labute approximate surface area is 136 Å². The van der Waals surface area contributed by atoms with Crippen molar-refractivity contribution in [2.45, 2.75) is 19.4 Å². The summed E-state index contributed by atoms with van der Waals surface area (Å²) in [6.07, 6.45) is 1.70. The van der Waals surface area contributed by atoms with Gasteiger partial charge in [0.05, 0.1) is 0 Å². The standard InChI is InChI=1S/C19H22N2O2/c22-19(12-16-9-10-20-13-16)21-14-15-5-4-8-18(11-15)23-17-6-2-1-3-7-17/h1-8,11,16,20H,9-10,12-14H2,(H,21,22)/t16-/m0/s1. The van der Waals surface area contributed by atoms with Crippen molar-refractivity contribution in [1.29, 1.82) is 0 Å². The Bertz CT molecular complexity index is 637. The number of nitrogens with one attached hydrogen (secondary N) is 2. The molecule has 0 unspecified atom stereocenters. The van der Waals surface area contributed by atoms with E-state index in [0.717, 1.165) is 36.6 Å². The summed E-state index contributed by atoms with van der Waals surface area (Å²) in [4.78, 5) is 12.0. The monoisotopic (exact) mass is 310 g/mol. The molecule has 1 aliphatic rings. The third-order valence-corrected chi connectivity index (χ3v) is 4.00. The van der Waals surface area contributed by atoms with Crippen LogP contribution in [0.5, 0.6) is 11.5 Å². The number of ether oxygens (including phenoxy) is 1. The molecule has 0 aromatic heterocycles. The van der Waals surface area contributed by atoms with E-state index in [-0.39, 0.29) is 5.91 Å². The van der Waals surface area contributed by atoms with Crippen molar-refractivity contribution in [2.24, 2.45) is 5.92 Å². The molecule has 0 radical (unpaired) electrons. The molecule has 1 fully saturated rings. The minimum atomic E-state index is 0.119. The molecule has 2 aromatic carbocycles. The Kier molecular flexibility index (Phi) is 5.27. The van der Waals surface area contributed by atoms with Gasteiger partial charge in [0.2, 0.25) is 5.91 Å². The van der Waals surface area contributed by atoms with Crippen LogP contribution in [0.3, 0.4) is 0 Å². The maximum absolute atomic E-state index is 12.0. The molecular formula is C19H22N2O2. The van der Waals surface area contributed by atoms with E-state index in [2.05, 4.69) is 10.6 Å². The molecule has 23 heavy (non-hydrogen) atoms. The number of amides is 1. The first kappa shape index (κ1) is 15.6. The van der Waals surface area contributed by atoms with Crippen LogP contribution in [-0.2, 0) is 11.3 Å². The summed E-state index contributed by atoms with van der Waals surface area (Å²) in [5, 5.41) is 6.28. The SMILES string of the molecule is O=C(C[C@@H]1CCNC1)NCc1cccc(Oc2ccccc2)c1. The summed E-state index contributed by atoms with van der Waals surface area (Å²) < 4.78 is 5.81. The Morgan fingerprint density at radius 1 is 1.13 bits per heavy atom. The first-order chi connectivity index (χ1) is 11.3. The first-order valence-corrected chi connectivity index (χ1v) is 8.09. The summed E-state index contributed by atoms with van der Waals surface area (Å²) in [6, 6.07) is 17.5. The lowest BCUT2D eigenvalue weighted by molar-refractivity contribution is -0.122. The predicted octanol–water partition coefficient (Wildman–Crippen LogP) is 3.09. The molecule has 4 nitrogen and oxygen atoms in total. The van der Waals surface area contributed by atoms with E-state index in [1.165, 1.54) is 0 Å². The zero-order chi connectivity index (χ0) is 15.9. The van der Waals surface area contributed by atoms with Crippen LogP contribution < -0.4 is 15.4 Å². The number of benzene rings is 2. The van der Waals surface area contributed by atoms with E-state index in [9.17, 15) is 4.79 Å². The smallest absolute Gasteiger partial charge is 0.220 e. The van der Waals surface area contributed by atoms with Gasteiger partial charge in [-0.25, -0.2) is 0 Å². The molecule has 2 aromatic rings. The highest BCUT2D eigenvalue weighted by molar-refractivity contribution is 5.76. The Morgan fingerprint density at radius 3 is 2.74 bits per heavy atom. The molecule has 1 amide bonds. The molecule has 0 spiro atoms. The molecule has 1 saturated heterocycles. The summed E-state index contributed by atoms with van der Waals surface area (Å²) in [5.74, 6) is 2.18. The third-order valence-electron chi connectivity index (χ3n) is 4.00. The summed E-state index contributed by atoms with van der Waals surface area (Å²) in [5.41, 5.74) is 1.04. The van der Waals surface area contributed by atoms with Gasteiger partial charge in [0.25, 0.3) is 0 Å². The van der Waals surface area contributed by atoms with E-state index < -0.39 is 0 Å². The minimum absolute atomic E-state index is 0.119. The molecule has 0 bridgehead atoms. The van der Waals surface area contributed by atoms with E-state index >= 15 is 0 Å². The quantitative estimate of drug-likeness (QED) is 0.862. The molecule has 0 aliphatic carbocycles. The zero-order valence-electron chi connectivity index (χ0n) is 13.1. The van der Waals surface area contributed by atoms with E-state index in [1.54, 1.807) is 0 Å². The van der Waals surface area contributed by atoms with Gasteiger partial charge in [-0.15, -0.1) is 0 Å². The lowest BCUT2D eigenvalue weighted by Crippen LogP contribution is -2.25. The van der Waals surface area contributed by atoms with Crippen LogP contribution in [0, 0.1) is 5.92 Å². The highest BCUT2D eigenvalue weighted by Gasteiger charge is 2.17. The van der Waals surface area contributed by atoms with Crippen LogP contribution in [0.25, 0.3) is 0 Å². The van der Waals surface area contributed by atoms with Gasteiger partial charge in [-0.05, 0) is 55.3 Å². The number of carbonyl (C=O) groups excluding carboxylic acids is 1. The third kappa shape index (κ3) is 4.83. The lowest BCUT2D eigenvalue weighted by atomic mass is 10.0. The Hall–Kier alpha value is -2.33. The maximum Gasteiger partial charge on any atom is 0.220 e. The summed E-state index contributed by atoms with van der Waals surface area (Å²) >= 11 is 0. The molecule has 1 heterocycles. The summed E-state index contributed by atoms with van der Waals surface area (Å²) in [7, 11) is 0. The Balaban J connectivity index is 1.52. The number of carbonyl (C=O) groups is 1. The summed E-state index contributed by atoms with van der Waals surface area (Å²) in [6.45, 7) is 2.51. The van der Waals surface area contributed by atoms with Gasteiger partial charge < -0.3 is 15.4 Å². The van der Waals surface area contributed by atoms with Gasteiger partial charge in [-0.2, -0.15) is 0 Å². The van der Waals surface area contributed by atoms with Crippen molar-refractivity contribution >= 4 is 5.91 Å². The fourth-order valence-corrected chi connectivity index (χ4v) is 2.77. The second-order valence-corrected chi connectivity index (χ2v) is 5.90. The van der Waals surface area contributed by atoms with Crippen LogP contribution in [0.1, 0.15) is 18.4 Å². The second kappa shape index (κ2) is 7.79. The molecule has 0 saturated carbocycles. The molecular weight excluding hydrogens is 288 g/mol. The average Bonchev–Trinajstić information content (AvgIpc) is 3.07. The topological polar surface area (TPSA) is 50.4 Å². The van der Waals surface area contributed by atoms with Crippen LogP contribution in [0.15, 0.2) is 54.6 Å². The Morgan fingerprint density at radius 2 is 1.96 bits per heavy atom. The van der Waals surface area contributed by atoms with Crippen LogP contribution in [-0.4, -0.2) is 19.0 Å². The van der Waals surface area contributed by atoms with Crippen molar-refractivity contribution in [3.63, 3.8) is 0 Å². The number of para-hydroxylation sites is 1.